The number of thiazole rings is 1. The number of alkyl halides is 3. The van der Waals surface area contributed by atoms with Crippen LogP contribution in [0.25, 0.3) is 11.4 Å². The zero-order valence-corrected chi connectivity index (χ0v) is 21.4. The lowest BCUT2D eigenvalue weighted by Crippen LogP contribution is -2.59. The van der Waals surface area contributed by atoms with Crippen LogP contribution in [0.15, 0.2) is 42.9 Å². The molecule has 0 amide bonds. The van der Waals surface area contributed by atoms with Crippen molar-refractivity contribution in [1.29, 1.82) is 0 Å². The number of aromatic nitrogens is 3. The van der Waals surface area contributed by atoms with Gasteiger partial charge in [0.25, 0.3) is 0 Å². The Bertz CT molecular complexity index is 1300. The van der Waals surface area contributed by atoms with E-state index < -0.39 is 42.2 Å². The monoisotopic (exact) mass is 576 g/mol. The number of ether oxygens (including phenoxy) is 2. The molecule has 198 valence electrons. The summed E-state index contributed by atoms with van der Waals surface area (Å²) in [5.74, 6) is 0. The normalized spacial score (nSPS) is 26.3. The number of methoxy groups -OCH3 is 1. The third kappa shape index (κ3) is 5.17. The first-order chi connectivity index (χ1) is 17.7. The van der Waals surface area contributed by atoms with Crippen LogP contribution < -0.4 is 16.5 Å². The molecule has 3 aromatic rings. The third-order valence-electron chi connectivity index (χ3n) is 6.08. The van der Waals surface area contributed by atoms with E-state index in [0.717, 1.165) is 6.07 Å². The number of nitrogens with zero attached hydrogens (tertiary/aromatic N) is 3. The van der Waals surface area contributed by atoms with E-state index in [1.807, 2.05) is 0 Å². The predicted octanol–water partition coefficient (Wildman–Crippen LogP) is 3.93. The summed E-state index contributed by atoms with van der Waals surface area (Å²) in [6, 6.07) is 4.40. The lowest BCUT2D eigenvalue weighted by atomic mass is 9.91. The van der Waals surface area contributed by atoms with Crippen molar-refractivity contribution in [2.24, 2.45) is 5.73 Å². The van der Waals surface area contributed by atoms with Crippen LogP contribution in [0.2, 0.25) is 9.36 Å². The van der Waals surface area contributed by atoms with Crippen LogP contribution in [-0.2, 0) is 20.5 Å². The summed E-state index contributed by atoms with van der Waals surface area (Å²) in [6.07, 6.45) is -2.63. The Morgan fingerprint density at radius 1 is 1.35 bits per heavy atom. The van der Waals surface area contributed by atoms with E-state index in [9.17, 15) is 13.2 Å². The number of nitrogens with one attached hydrogen (secondary N) is 2. The van der Waals surface area contributed by atoms with Crippen LogP contribution >= 0.6 is 34.5 Å². The van der Waals surface area contributed by atoms with Gasteiger partial charge in [-0.05, 0) is 24.3 Å². The van der Waals surface area contributed by atoms with Crippen molar-refractivity contribution >= 4 is 40.2 Å². The number of rotatable bonds is 6. The van der Waals surface area contributed by atoms with Gasteiger partial charge in [-0.15, -0.1) is 11.3 Å². The highest BCUT2D eigenvalue weighted by Crippen LogP contribution is 2.40. The number of hydrogen-bond acceptors (Lipinski definition) is 9. The molecule has 4 heterocycles. The first kappa shape index (κ1) is 26.2. The molecule has 1 aromatic carbocycles. The second kappa shape index (κ2) is 10.4. The number of hydroxylamine groups is 1. The number of hydrogen-bond donors (Lipinski definition) is 3. The number of halogens is 5. The fourth-order valence-corrected chi connectivity index (χ4v) is 5.48. The number of nitrogens with two attached hydrogens (primary N) is 1. The quantitative estimate of drug-likeness (QED) is 0.405. The number of benzene rings is 1. The largest absolute Gasteiger partial charge is 0.418 e. The van der Waals surface area contributed by atoms with E-state index in [1.54, 1.807) is 12.3 Å². The van der Waals surface area contributed by atoms with Crippen molar-refractivity contribution in [3.8, 4) is 5.69 Å². The third-order valence-corrected chi connectivity index (χ3v) is 7.48. The molecule has 0 spiro atoms. The first-order valence-electron chi connectivity index (χ1n) is 11.0. The minimum atomic E-state index is -4.63. The molecule has 2 fully saturated rings. The predicted molar refractivity (Wildman–Crippen MR) is 131 cm³/mol. The van der Waals surface area contributed by atoms with Gasteiger partial charge in [-0.25, -0.2) is 9.67 Å². The molecule has 5 rings (SSSR count). The van der Waals surface area contributed by atoms with E-state index in [0.29, 0.717) is 27.3 Å². The van der Waals surface area contributed by atoms with Crippen molar-refractivity contribution in [3.63, 3.8) is 0 Å². The van der Waals surface area contributed by atoms with E-state index in [1.165, 1.54) is 47.7 Å². The van der Waals surface area contributed by atoms with Crippen molar-refractivity contribution in [3.05, 3.63) is 68.5 Å². The van der Waals surface area contributed by atoms with Gasteiger partial charge >= 0.3 is 6.18 Å². The smallest absolute Gasteiger partial charge is 0.395 e. The second-order valence-electron chi connectivity index (χ2n) is 8.32. The second-order valence-corrected chi connectivity index (χ2v) is 10.4. The van der Waals surface area contributed by atoms with Crippen LogP contribution in [0.1, 0.15) is 22.4 Å². The van der Waals surface area contributed by atoms with Gasteiger partial charge in [0.05, 0.1) is 41.4 Å². The topological polar surface area (TPSA) is 108 Å². The number of fused-ring (bicyclic) bond motifs is 1. The molecule has 0 saturated carbocycles. The molecule has 0 radical (unpaired) electrons. The van der Waals surface area contributed by atoms with E-state index in [-0.39, 0.29) is 10.7 Å². The van der Waals surface area contributed by atoms with E-state index in [2.05, 4.69) is 20.9 Å². The summed E-state index contributed by atoms with van der Waals surface area (Å²) in [5.41, 5.74) is 8.58. The Morgan fingerprint density at radius 3 is 2.86 bits per heavy atom. The molecule has 37 heavy (non-hydrogen) atoms. The molecule has 15 heteroatoms. The van der Waals surface area contributed by atoms with E-state index in [4.69, 9.17) is 43.2 Å². The molecule has 5 atom stereocenters. The Morgan fingerprint density at radius 2 is 2.16 bits per heavy atom. The van der Waals surface area contributed by atoms with Crippen molar-refractivity contribution in [2.75, 3.05) is 13.7 Å². The summed E-state index contributed by atoms with van der Waals surface area (Å²) in [5, 5.41) is 8.07. The average molecular weight is 577 g/mol. The zero-order valence-electron chi connectivity index (χ0n) is 19.1. The Balaban J connectivity index is 1.52. The van der Waals surface area contributed by atoms with Crippen LogP contribution in [0.4, 0.5) is 13.2 Å². The van der Waals surface area contributed by atoms with Gasteiger partial charge in [0.2, 0.25) is 0 Å². The van der Waals surface area contributed by atoms with Crippen LogP contribution in [0, 0.1) is 0 Å². The maximum absolute atomic E-state index is 13.8. The summed E-state index contributed by atoms with van der Waals surface area (Å²) < 4.78 is 55.3. The Kier molecular flexibility index (Phi) is 7.38. The molecule has 9 nitrogen and oxygen atoms in total. The summed E-state index contributed by atoms with van der Waals surface area (Å²) in [4.78, 5) is 9.85. The highest BCUT2D eigenvalue weighted by molar-refractivity contribution is 7.16. The molecule has 0 bridgehead atoms. The minimum Gasteiger partial charge on any atom is -0.395 e. The van der Waals surface area contributed by atoms with Gasteiger partial charge in [0, 0.05) is 24.5 Å². The van der Waals surface area contributed by atoms with Crippen molar-refractivity contribution in [2.45, 2.75) is 36.6 Å². The molecule has 0 aliphatic carbocycles. The van der Waals surface area contributed by atoms with Crippen LogP contribution in [0.5, 0.6) is 0 Å². The lowest BCUT2D eigenvalue weighted by Gasteiger charge is -2.42. The van der Waals surface area contributed by atoms with Crippen LogP contribution in [0.3, 0.4) is 0 Å². The maximum Gasteiger partial charge on any atom is 0.418 e. The highest BCUT2D eigenvalue weighted by Gasteiger charge is 2.51. The van der Waals surface area contributed by atoms with E-state index >= 15 is 0 Å². The maximum atomic E-state index is 13.8. The Hall–Kier alpha value is -2.39. The molecule has 2 aromatic heterocycles. The molecule has 2 aliphatic heterocycles. The van der Waals surface area contributed by atoms with Gasteiger partial charge in [-0.3, -0.25) is 4.84 Å². The molecule has 4 N–H and O–H groups in total. The molecule has 5 unspecified atom stereocenters. The van der Waals surface area contributed by atoms with Gasteiger partial charge < -0.3 is 20.5 Å². The fraction of sp³-hybridized carbons (Fsp3) is 0.364. The molecular weight excluding hydrogens is 556 g/mol. The van der Waals surface area contributed by atoms with Gasteiger partial charge in [-0.1, -0.05) is 23.2 Å². The average Bonchev–Trinajstić information content (AvgIpc) is 3.61. The van der Waals surface area contributed by atoms with Crippen LogP contribution in [-0.4, -0.2) is 52.8 Å². The van der Waals surface area contributed by atoms with Crippen molar-refractivity contribution < 1.29 is 27.5 Å². The minimum absolute atomic E-state index is 0.133. The molecular formula is C22H21Cl2F3N6O3S. The summed E-state index contributed by atoms with van der Waals surface area (Å²) in [6.45, 7) is 0.357. The zero-order chi connectivity index (χ0) is 26.3. The molecule has 2 saturated heterocycles. The summed E-state index contributed by atoms with van der Waals surface area (Å²) >= 11 is 13.2. The van der Waals surface area contributed by atoms with Gasteiger partial charge in [-0.2, -0.15) is 23.8 Å². The fourth-order valence-electron chi connectivity index (χ4n) is 4.47. The molecule has 2 aliphatic rings. The lowest BCUT2D eigenvalue weighted by molar-refractivity contribution is -0.182. The standard InChI is InChI=1S/C22H21Cl2F3N6O3S/c1-34-20-17(29-7-12(28)21-30-9-16(24)37-21)19-15(8-32-36-19)35-18(20)13-4-5-31-33(13)14-6-10(23)2-3-11(14)22(25,26)27/h2-7,9,15,17-20,29,32H,8,28H2,1H3/b12-7-. The SMILES string of the molecule is COC1C(c2ccnn2-c2cc(Cl)ccc2C(F)(F)F)OC2CNOC2C1N/C=C(\N)c1ncc(Cl)s1. The first-order valence-corrected chi connectivity index (χ1v) is 12.6. The van der Waals surface area contributed by atoms with Gasteiger partial charge in [0.1, 0.15) is 33.8 Å². The highest BCUT2D eigenvalue weighted by atomic mass is 35.5. The summed E-state index contributed by atoms with van der Waals surface area (Å²) in [7, 11) is 1.48. The van der Waals surface area contributed by atoms with Gasteiger partial charge in [0.15, 0.2) is 0 Å². The Labute approximate surface area is 223 Å². The van der Waals surface area contributed by atoms with Crippen molar-refractivity contribution in [1.82, 2.24) is 25.6 Å².